The molecule has 3 heterocycles. The Morgan fingerprint density at radius 3 is 2.46 bits per heavy atom. The lowest BCUT2D eigenvalue weighted by atomic mass is 9.69. The van der Waals surface area contributed by atoms with E-state index in [-0.39, 0.29) is 19.2 Å². The highest BCUT2D eigenvalue weighted by Gasteiger charge is 2.58. The average Bonchev–Trinajstić information content (AvgIpc) is 3.64. The van der Waals surface area contributed by atoms with Crippen LogP contribution < -0.4 is 5.32 Å². The molecular weight excluding hydrogens is 593 g/mol. The molecule has 46 heavy (non-hydrogen) atoms. The topological polar surface area (TPSA) is 96.0 Å². The molecule has 1 saturated heterocycles. The number of amides is 1. The highest BCUT2D eigenvalue weighted by molar-refractivity contribution is 5.70. The van der Waals surface area contributed by atoms with Gasteiger partial charge in [0.15, 0.2) is 5.66 Å². The molecule has 6 rings (SSSR count). The van der Waals surface area contributed by atoms with Crippen LogP contribution in [0.1, 0.15) is 65.0 Å². The van der Waals surface area contributed by atoms with Crippen LogP contribution in [-0.2, 0) is 23.2 Å². The Labute approximate surface area is 264 Å². The highest BCUT2D eigenvalue weighted by atomic mass is 19.4. The average molecular weight is 627 g/mol. The lowest BCUT2D eigenvalue weighted by molar-refractivity contribution is -0.137. The minimum absolute atomic E-state index is 0.0356. The number of carbonyl (C=O) groups excluding carboxylic acids is 1. The zero-order chi connectivity index (χ0) is 32.1. The summed E-state index contributed by atoms with van der Waals surface area (Å²) >= 11 is 0. The van der Waals surface area contributed by atoms with E-state index in [0.717, 1.165) is 17.2 Å². The number of ether oxygens (including phenoxy) is 1. The van der Waals surface area contributed by atoms with Gasteiger partial charge in [0.1, 0.15) is 18.8 Å². The summed E-state index contributed by atoms with van der Waals surface area (Å²) in [6, 6.07) is 25.8. The second kappa shape index (κ2) is 13.1. The third kappa shape index (κ3) is 6.23. The number of nitrogens with one attached hydrogen (secondary N) is 2. The molecule has 1 aliphatic rings. The van der Waals surface area contributed by atoms with Gasteiger partial charge >= 0.3 is 12.3 Å². The number of aromatic amines is 1. The van der Waals surface area contributed by atoms with Gasteiger partial charge < -0.3 is 9.72 Å². The third-order valence-electron chi connectivity index (χ3n) is 8.53. The Morgan fingerprint density at radius 2 is 1.78 bits per heavy atom. The molecule has 1 aliphatic heterocycles. The maximum Gasteiger partial charge on any atom is 0.416 e. The first kappa shape index (κ1) is 31.0. The molecule has 1 amide bonds. The molecule has 0 radical (unpaired) electrons. The van der Waals surface area contributed by atoms with Crippen LogP contribution in [-0.4, -0.2) is 37.5 Å². The molecule has 8 nitrogen and oxygen atoms in total. The SMILES string of the molecule is CC(NC1(c2ncc[nH]2)C(c2ccncn2)C(c2cccc(C(F)(F)F)c2)CCN1C(=O)OCc1ccccc1)c1ccccc1. The van der Waals surface area contributed by atoms with Crippen molar-refractivity contribution in [2.24, 2.45) is 0 Å². The largest absolute Gasteiger partial charge is 0.444 e. The molecule has 0 bridgehead atoms. The molecule has 3 aromatic carbocycles. The molecule has 5 aromatic rings. The first-order valence-electron chi connectivity index (χ1n) is 15.0. The number of imidazole rings is 1. The summed E-state index contributed by atoms with van der Waals surface area (Å²) < 4.78 is 47.8. The fourth-order valence-corrected chi connectivity index (χ4v) is 6.45. The summed E-state index contributed by atoms with van der Waals surface area (Å²) in [6.45, 7) is 2.16. The Hall–Kier alpha value is -5.03. The van der Waals surface area contributed by atoms with Crippen molar-refractivity contribution in [3.05, 3.63) is 150 Å². The van der Waals surface area contributed by atoms with Crippen LogP contribution in [0.25, 0.3) is 0 Å². The zero-order valence-electron chi connectivity index (χ0n) is 25.1. The number of likely N-dealkylation sites (tertiary alicyclic amines) is 1. The quantitative estimate of drug-likeness (QED) is 0.187. The summed E-state index contributed by atoms with van der Waals surface area (Å²) in [5.41, 5.74) is 0.566. The maximum absolute atomic E-state index is 14.2. The molecule has 11 heteroatoms. The van der Waals surface area contributed by atoms with Crippen LogP contribution in [0.15, 0.2) is 116 Å². The van der Waals surface area contributed by atoms with Gasteiger partial charge in [0, 0.05) is 31.2 Å². The Morgan fingerprint density at radius 1 is 1.02 bits per heavy atom. The number of H-pyrrole nitrogens is 1. The van der Waals surface area contributed by atoms with Gasteiger partial charge in [0.2, 0.25) is 0 Å². The van der Waals surface area contributed by atoms with Gasteiger partial charge in [-0.25, -0.2) is 19.7 Å². The number of hydrogen-bond acceptors (Lipinski definition) is 6. The second-order valence-corrected chi connectivity index (χ2v) is 11.3. The monoisotopic (exact) mass is 626 g/mol. The Kier molecular flexibility index (Phi) is 8.85. The van der Waals surface area contributed by atoms with Crippen molar-refractivity contribution in [1.29, 1.82) is 0 Å². The lowest BCUT2D eigenvalue weighted by Gasteiger charge is -2.54. The molecule has 0 spiro atoms. The van der Waals surface area contributed by atoms with Crippen molar-refractivity contribution < 1.29 is 22.7 Å². The normalized spacial score (nSPS) is 20.7. The first-order valence-corrected chi connectivity index (χ1v) is 15.0. The number of aromatic nitrogens is 4. The molecule has 1 fully saturated rings. The van der Waals surface area contributed by atoms with Crippen LogP contribution in [0.5, 0.6) is 0 Å². The van der Waals surface area contributed by atoms with E-state index in [4.69, 9.17) is 4.74 Å². The van der Waals surface area contributed by atoms with E-state index >= 15 is 0 Å². The summed E-state index contributed by atoms with van der Waals surface area (Å²) in [5, 5.41) is 3.72. The van der Waals surface area contributed by atoms with E-state index in [1.165, 1.54) is 18.5 Å². The molecule has 2 aromatic heterocycles. The molecule has 236 valence electrons. The summed E-state index contributed by atoms with van der Waals surface area (Å²) in [5.74, 6) is -0.850. The van der Waals surface area contributed by atoms with Crippen molar-refractivity contribution in [2.75, 3.05) is 6.54 Å². The number of nitrogens with zero attached hydrogens (tertiary/aromatic N) is 4. The number of alkyl halides is 3. The summed E-state index contributed by atoms with van der Waals surface area (Å²) in [7, 11) is 0. The van der Waals surface area contributed by atoms with Crippen molar-refractivity contribution in [3.8, 4) is 0 Å². The molecule has 2 N–H and O–H groups in total. The fourth-order valence-electron chi connectivity index (χ4n) is 6.45. The Bertz CT molecular complexity index is 1720. The molecule has 0 saturated carbocycles. The highest BCUT2D eigenvalue weighted by Crippen LogP contribution is 2.53. The second-order valence-electron chi connectivity index (χ2n) is 11.3. The van der Waals surface area contributed by atoms with Crippen LogP contribution in [0.4, 0.5) is 18.0 Å². The van der Waals surface area contributed by atoms with E-state index in [0.29, 0.717) is 23.5 Å². The van der Waals surface area contributed by atoms with E-state index in [9.17, 15) is 18.0 Å². The fraction of sp³-hybridized carbons (Fsp3) is 0.257. The summed E-state index contributed by atoms with van der Waals surface area (Å²) in [4.78, 5) is 32.5. The van der Waals surface area contributed by atoms with Crippen molar-refractivity contribution in [2.45, 2.75) is 49.7 Å². The van der Waals surface area contributed by atoms with Crippen LogP contribution in [0, 0.1) is 0 Å². The first-order chi connectivity index (χ1) is 22.3. The molecular formula is C35H33F3N6O2. The predicted molar refractivity (Wildman–Crippen MR) is 165 cm³/mol. The van der Waals surface area contributed by atoms with Crippen LogP contribution in [0.2, 0.25) is 0 Å². The summed E-state index contributed by atoms with van der Waals surface area (Å²) in [6.07, 6.45) is 1.44. The van der Waals surface area contributed by atoms with E-state index in [1.54, 1.807) is 35.6 Å². The maximum atomic E-state index is 14.2. The van der Waals surface area contributed by atoms with Gasteiger partial charge in [0.05, 0.1) is 17.2 Å². The van der Waals surface area contributed by atoms with E-state index in [2.05, 4.69) is 25.3 Å². The lowest BCUT2D eigenvalue weighted by Crippen LogP contribution is -2.66. The minimum atomic E-state index is -4.53. The van der Waals surface area contributed by atoms with Gasteiger partial charge in [-0.1, -0.05) is 78.9 Å². The number of piperidine rings is 1. The van der Waals surface area contributed by atoms with E-state index < -0.39 is 35.3 Å². The molecule has 4 atom stereocenters. The number of halogens is 3. The van der Waals surface area contributed by atoms with Gasteiger partial charge in [-0.3, -0.25) is 10.2 Å². The van der Waals surface area contributed by atoms with Crippen LogP contribution >= 0.6 is 0 Å². The number of benzene rings is 3. The number of hydrogen-bond donors (Lipinski definition) is 2. The predicted octanol–water partition coefficient (Wildman–Crippen LogP) is 7.33. The Balaban J connectivity index is 1.54. The van der Waals surface area contributed by atoms with Crippen LogP contribution in [0.3, 0.4) is 0 Å². The van der Waals surface area contributed by atoms with Gasteiger partial charge in [-0.15, -0.1) is 0 Å². The zero-order valence-corrected chi connectivity index (χ0v) is 25.1. The van der Waals surface area contributed by atoms with Crippen molar-refractivity contribution in [3.63, 3.8) is 0 Å². The van der Waals surface area contributed by atoms with Crippen molar-refractivity contribution in [1.82, 2.24) is 30.2 Å². The standard InChI is InChI=1S/C35H33F3N6O2/c1-24(26-11-6-3-7-12-26)43-34(32-40-18-19-41-32)31(30-15-17-39-23-42-30)29(27-13-8-14-28(21-27)35(36,37)38)16-20-44(34)33(45)46-22-25-9-4-2-5-10-25/h2-15,17-19,21,23-24,29,31,43H,16,20,22H2,1H3,(H,40,41). The smallest absolute Gasteiger partial charge is 0.416 e. The number of carbonyl (C=O) groups is 1. The van der Waals surface area contributed by atoms with Gasteiger partial charge in [-0.2, -0.15) is 13.2 Å². The third-order valence-corrected chi connectivity index (χ3v) is 8.53. The molecule has 4 unspecified atom stereocenters. The van der Waals surface area contributed by atoms with Gasteiger partial charge in [0.25, 0.3) is 0 Å². The van der Waals surface area contributed by atoms with E-state index in [1.807, 2.05) is 67.6 Å². The van der Waals surface area contributed by atoms with Crippen molar-refractivity contribution >= 4 is 6.09 Å². The van der Waals surface area contributed by atoms with Gasteiger partial charge in [-0.05, 0) is 48.1 Å². The number of rotatable bonds is 8. The minimum Gasteiger partial charge on any atom is -0.444 e. The molecule has 0 aliphatic carbocycles.